The van der Waals surface area contributed by atoms with Gasteiger partial charge in [-0.15, -0.1) is 0 Å². The Morgan fingerprint density at radius 2 is 1.94 bits per heavy atom. The molecule has 1 heterocycles. The van der Waals surface area contributed by atoms with Crippen LogP contribution in [0.5, 0.6) is 0 Å². The van der Waals surface area contributed by atoms with Gasteiger partial charge in [0.2, 0.25) is 5.91 Å². The zero-order chi connectivity index (χ0) is 12.6. The lowest BCUT2D eigenvalue weighted by molar-refractivity contribution is -0.137. The number of hydrogen-bond acceptors (Lipinski definition) is 2. The molecule has 5 heteroatoms. The van der Waals surface area contributed by atoms with Crippen molar-refractivity contribution >= 4 is 29.1 Å². The summed E-state index contributed by atoms with van der Waals surface area (Å²) < 4.78 is 5.50. The number of morpholine rings is 1. The molecule has 1 saturated carbocycles. The molecule has 1 aliphatic heterocycles. The molecule has 1 saturated heterocycles. The minimum absolute atomic E-state index is 0.00750. The van der Waals surface area contributed by atoms with E-state index in [-0.39, 0.29) is 27.6 Å². The van der Waals surface area contributed by atoms with Crippen molar-refractivity contribution < 1.29 is 9.53 Å². The monoisotopic (exact) mass is 277 g/mol. The first-order valence-electron chi connectivity index (χ1n) is 5.84. The van der Waals surface area contributed by atoms with Gasteiger partial charge in [-0.1, -0.05) is 37.0 Å². The molecule has 96 valence electrons. The Balaban J connectivity index is 2.03. The molecule has 2 aliphatic rings. The predicted molar refractivity (Wildman–Crippen MR) is 67.9 cm³/mol. The molecule has 17 heavy (non-hydrogen) atoms. The van der Waals surface area contributed by atoms with E-state index in [1.165, 1.54) is 0 Å². The van der Waals surface area contributed by atoms with Crippen molar-refractivity contribution in [3.8, 4) is 0 Å². The van der Waals surface area contributed by atoms with E-state index in [1.54, 1.807) is 6.08 Å². The van der Waals surface area contributed by atoms with Crippen molar-refractivity contribution in [2.75, 3.05) is 26.3 Å². The van der Waals surface area contributed by atoms with E-state index in [2.05, 4.69) is 13.8 Å². The van der Waals surface area contributed by atoms with Crippen LogP contribution in [0.15, 0.2) is 10.6 Å². The van der Waals surface area contributed by atoms with Crippen LogP contribution in [-0.2, 0) is 9.53 Å². The zero-order valence-electron chi connectivity index (χ0n) is 10.1. The predicted octanol–water partition coefficient (Wildman–Crippen LogP) is 2.44. The molecular formula is C12H17Cl2NO2. The fourth-order valence-corrected chi connectivity index (χ4v) is 2.85. The van der Waals surface area contributed by atoms with E-state index < -0.39 is 0 Å². The highest BCUT2D eigenvalue weighted by Crippen LogP contribution is 2.60. The second-order valence-corrected chi connectivity index (χ2v) is 6.23. The van der Waals surface area contributed by atoms with Crippen LogP contribution in [0.4, 0.5) is 0 Å². The van der Waals surface area contributed by atoms with Crippen LogP contribution in [-0.4, -0.2) is 37.1 Å². The second-order valence-electron chi connectivity index (χ2n) is 5.22. The summed E-state index contributed by atoms with van der Waals surface area (Å²) in [5.41, 5.74) is -0.0373. The molecule has 3 nitrogen and oxygen atoms in total. The van der Waals surface area contributed by atoms with Gasteiger partial charge >= 0.3 is 0 Å². The number of carbonyl (C=O) groups excluding carboxylic acids is 1. The van der Waals surface area contributed by atoms with Crippen molar-refractivity contribution in [1.82, 2.24) is 4.90 Å². The number of amides is 1. The maximum Gasteiger partial charge on any atom is 0.227 e. The van der Waals surface area contributed by atoms with Crippen LogP contribution in [0.3, 0.4) is 0 Å². The Bertz CT molecular complexity index is 344. The van der Waals surface area contributed by atoms with Crippen molar-refractivity contribution in [2.45, 2.75) is 13.8 Å². The lowest BCUT2D eigenvalue weighted by Crippen LogP contribution is -2.42. The third-order valence-corrected chi connectivity index (χ3v) is 4.06. The van der Waals surface area contributed by atoms with E-state index in [9.17, 15) is 4.79 Å². The lowest BCUT2D eigenvalue weighted by atomic mass is 10.1. The molecule has 0 N–H and O–H groups in total. The molecular weight excluding hydrogens is 261 g/mol. The van der Waals surface area contributed by atoms with Crippen molar-refractivity contribution in [3.05, 3.63) is 10.6 Å². The summed E-state index contributed by atoms with van der Waals surface area (Å²) >= 11 is 11.4. The standard InChI is InChI=1S/C12H17Cl2NO2/c1-12(2)8(7-9(13)14)10(12)11(16)15-3-5-17-6-4-15/h7-8,10H,3-6H2,1-2H3/t8-,10-/m0/s1. The van der Waals surface area contributed by atoms with Crippen LogP contribution >= 0.6 is 23.2 Å². The van der Waals surface area contributed by atoms with Crippen molar-refractivity contribution in [3.63, 3.8) is 0 Å². The van der Waals surface area contributed by atoms with Crippen molar-refractivity contribution in [2.24, 2.45) is 17.3 Å². The largest absolute Gasteiger partial charge is 0.378 e. The quantitative estimate of drug-likeness (QED) is 0.776. The summed E-state index contributed by atoms with van der Waals surface area (Å²) in [6, 6.07) is 0. The average molecular weight is 278 g/mol. The van der Waals surface area contributed by atoms with Crippen LogP contribution in [0.25, 0.3) is 0 Å². The van der Waals surface area contributed by atoms with Crippen molar-refractivity contribution in [1.29, 1.82) is 0 Å². The molecule has 2 rings (SSSR count). The Kier molecular flexibility index (Phi) is 3.71. The van der Waals surface area contributed by atoms with E-state index >= 15 is 0 Å². The van der Waals surface area contributed by atoms with Crippen LogP contribution in [0.1, 0.15) is 13.8 Å². The van der Waals surface area contributed by atoms with E-state index in [1.807, 2.05) is 4.90 Å². The number of carbonyl (C=O) groups is 1. The third kappa shape index (κ3) is 2.61. The smallest absolute Gasteiger partial charge is 0.227 e. The minimum Gasteiger partial charge on any atom is -0.378 e. The van der Waals surface area contributed by atoms with Gasteiger partial charge in [-0.05, 0) is 17.4 Å². The summed E-state index contributed by atoms with van der Waals surface area (Å²) in [5.74, 6) is 0.366. The number of allylic oxidation sites excluding steroid dienone is 1. The molecule has 0 aromatic heterocycles. The summed E-state index contributed by atoms with van der Waals surface area (Å²) in [6.07, 6.45) is 1.78. The fourth-order valence-electron chi connectivity index (χ4n) is 2.58. The highest BCUT2D eigenvalue weighted by atomic mass is 35.5. The molecule has 0 aromatic rings. The van der Waals surface area contributed by atoms with E-state index in [0.29, 0.717) is 26.3 Å². The third-order valence-electron chi connectivity index (χ3n) is 3.81. The summed E-state index contributed by atoms with van der Waals surface area (Å²) in [5, 5.41) is 0. The average Bonchev–Trinajstić information content (AvgIpc) is 2.80. The maximum atomic E-state index is 12.3. The minimum atomic E-state index is -0.0373. The highest BCUT2D eigenvalue weighted by Gasteiger charge is 2.61. The molecule has 1 amide bonds. The molecule has 1 aliphatic carbocycles. The SMILES string of the molecule is CC1(C)[C@H](C(=O)N2CCOCC2)[C@@H]1C=C(Cl)Cl. The first kappa shape index (κ1) is 13.2. The van der Waals surface area contributed by atoms with Gasteiger partial charge in [0.1, 0.15) is 4.49 Å². The van der Waals surface area contributed by atoms with Gasteiger partial charge in [0.15, 0.2) is 0 Å². The van der Waals surface area contributed by atoms with Crippen LogP contribution in [0.2, 0.25) is 0 Å². The molecule has 2 atom stereocenters. The fraction of sp³-hybridized carbons (Fsp3) is 0.750. The summed E-state index contributed by atoms with van der Waals surface area (Å²) in [4.78, 5) is 14.2. The Labute approximate surface area is 112 Å². The van der Waals surface area contributed by atoms with Gasteiger partial charge in [0.05, 0.1) is 19.1 Å². The van der Waals surface area contributed by atoms with E-state index in [4.69, 9.17) is 27.9 Å². The molecule has 0 unspecified atom stereocenters. The van der Waals surface area contributed by atoms with E-state index in [0.717, 1.165) is 0 Å². The van der Waals surface area contributed by atoms with Crippen LogP contribution < -0.4 is 0 Å². The van der Waals surface area contributed by atoms with Gasteiger partial charge in [0, 0.05) is 13.1 Å². The molecule has 0 bridgehead atoms. The number of nitrogens with zero attached hydrogens (tertiary/aromatic N) is 1. The van der Waals surface area contributed by atoms with Gasteiger partial charge in [-0.2, -0.15) is 0 Å². The Morgan fingerprint density at radius 3 is 2.47 bits per heavy atom. The Morgan fingerprint density at radius 1 is 1.35 bits per heavy atom. The number of rotatable bonds is 2. The first-order chi connectivity index (χ1) is 7.94. The highest BCUT2D eigenvalue weighted by molar-refractivity contribution is 6.55. The number of ether oxygens (including phenoxy) is 1. The van der Waals surface area contributed by atoms with Gasteiger partial charge in [-0.3, -0.25) is 4.79 Å². The molecule has 0 radical (unpaired) electrons. The second kappa shape index (κ2) is 4.79. The van der Waals surface area contributed by atoms with Gasteiger partial charge in [0.25, 0.3) is 0 Å². The Hall–Kier alpha value is -0.250. The summed E-state index contributed by atoms with van der Waals surface area (Å²) in [6.45, 7) is 6.81. The van der Waals surface area contributed by atoms with Gasteiger partial charge < -0.3 is 9.64 Å². The number of hydrogen-bond donors (Lipinski definition) is 0. The zero-order valence-corrected chi connectivity index (χ0v) is 11.6. The summed E-state index contributed by atoms with van der Waals surface area (Å²) in [7, 11) is 0. The first-order valence-corrected chi connectivity index (χ1v) is 6.59. The molecule has 0 aromatic carbocycles. The number of halogens is 2. The van der Waals surface area contributed by atoms with Gasteiger partial charge in [-0.25, -0.2) is 0 Å². The topological polar surface area (TPSA) is 29.5 Å². The van der Waals surface area contributed by atoms with Crippen LogP contribution in [0, 0.1) is 17.3 Å². The molecule has 0 spiro atoms. The maximum absolute atomic E-state index is 12.3. The normalized spacial score (nSPS) is 30.9. The molecule has 2 fully saturated rings. The lowest BCUT2D eigenvalue weighted by Gasteiger charge is -2.27.